The van der Waals surface area contributed by atoms with Crippen LogP contribution in [0.5, 0.6) is 0 Å². The number of aliphatic carboxylic acids is 3. The number of phosphoric acid groups is 3. The molecule has 484 valence electrons. The number of hydrogen-bond acceptors (Lipinski definition) is 23. The van der Waals surface area contributed by atoms with Crippen molar-refractivity contribution in [3.63, 3.8) is 0 Å². The van der Waals surface area contributed by atoms with Gasteiger partial charge in [0.25, 0.3) is 5.56 Å². The summed E-state index contributed by atoms with van der Waals surface area (Å²) in [5, 5.41) is 48.1. The first-order valence-corrected chi connectivity index (χ1v) is 33.4. The number of carboxylic acid groups (broad SMARTS) is 3. The molecule has 3 saturated heterocycles. The van der Waals surface area contributed by atoms with Crippen molar-refractivity contribution in [1.29, 1.82) is 0 Å². The number of nitrogen functional groups attached to an aromatic ring is 1. The van der Waals surface area contributed by atoms with Gasteiger partial charge < -0.3 is 91.8 Å². The highest BCUT2D eigenvalue weighted by Crippen LogP contribution is 2.66. The summed E-state index contributed by atoms with van der Waals surface area (Å²) in [5.74, 6) is -3.63. The molecule has 17 N–H and O–H groups in total. The van der Waals surface area contributed by atoms with Crippen molar-refractivity contribution in [3.8, 4) is 11.8 Å². The maximum atomic E-state index is 14.2. The Labute approximate surface area is 502 Å². The minimum Gasteiger partial charge on any atom is -0.481 e. The maximum absolute atomic E-state index is 14.2. The van der Waals surface area contributed by atoms with E-state index >= 15 is 0 Å². The Morgan fingerprint density at radius 2 is 1.51 bits per heavy atom. The average molecular weight is 1330 g/mol. The molecule has 41 heteroatoms. The molecule has 0 saturated carbocycles. The fourth-order valence-electron chi connectivity index (χ4n) is 9.35. The number of aromatic amines is 1. The van der Waals surface area contributed by atoms with Gasteiger partial charge in [-0.05, 0) is 65.3 Å². The lowest BCUT2D eigenvalue weighted by Gasteiger charge is -2.32. The second kappa shape index (κ2) is 31.4. The van der Waals surface area contributed by atoms with E-state index in [9.17, 15) is 86.7 Å². The van der Waals surface area contributed by atoms with Crippen molar-refractivity contribution in [2.75, 3.05) is 44.3 Å². The molecular formula is C46H68N11O25P3S2. The summed E-state index contributed by atoms with van der Waals surface area (Å²) in [6, 6.07) is -7.20. The molecule has 36 nitrogen and oxygen atoms in total. The summed E-state index contributed by atoms with van der Waals surface area (Å²) in [4.78, 5) is 175. The van der Waals surface area contributed by atoms with Gasteiger partial charge in [0, 0.05) is 49.0 Å². The number of hydrogen-bond donors (Lipinski definition) is 15. The van der Waals surface area contributed by atoms with Crippen LogP contribution in [0.15, 0.2) is 11.0 Å². The second-order valence-electron chi connectivity index (χ2n) is 20.5. The van der Waals surface area contributed by atoms with Gasteiger partial charge in [0.1, 0.15) is 42.5 Å². The van der Waals surface area contributed by atoms with Gasteiger partial charge in [-0.1, -0.05) is 33.4 Å². The maximum Gasteiger partial charge on any atom is 0.490 e. The van der Waals surface area contributed by atoms with Crippen LogP contribution in [-0.4, -0.2) is 203 Å². The second-order valence-corrected chi connectivity index (χ2v) is 28.1. The Morgan fingerprint density at radius 1 is 0.885 bits per heavy atom. The minimum absolute atomic E-state index is 0.0199. The number of carboxylic acids is 3. The Bertz CT molecular complexity index is 3190. The van der Waals surface area contributed by atoms with Crippen molar-refractivity contribution in [3.05, 3.63) is 22.1 Å². The van der Waals surface area contributed by atoms with Gasteiger partial charge in [0.2, 0.25) is 41.4 Å². The molecule has 10 atom stereocenters. The number of carbonyl (C=O) groups is 9. The van der Waals surface area contributed by atoms with Gasteiger partial charge in [-0.3, -0.25) is 52.7 Å². The highest BCUT2D eigenvalue weighted by atomic mass is 33.1. The smallest absolute Gasteiger partial charge is 0.481 e. The van der Waals surface area contributed by atoms with Crippen LogP contribution in [-0.2, 0) is 74.7 Å². The Balaban J connectivity index is 1.12. The molecule has 2 aromatic heterocycles. The first-order chi connectivity index (χ1) is 40.6. The van der Waals surface area contributed by atoms with E-state index in [1.54, 1.807) is 0 Å². The number of aliphatic hydroxyl groups excluding tert-OH is 1. The van der Waals surface area contributed by atoms with Crippen LogP contribution >= 0.6 is 45.1 Å². The number of nitrogens with one attached hydrogen (secondary N) is 5. The first kappa shape index (κ1) is 71.8. The summed E-state index contributed by atoms with van der Waals surface area (Å²) >= 11 is 0. The van der Waals surface area contributed by atoms with Gasteiger partial charge in [-0.15, -0.1) is 0 Å². The largest absolute Gasteiger partial charge is 0.490 e. The molecule has 0 spiro atoms. The zero-order chi connectivity index (χ0) is 64.8. The number of aromatic nitrogens is 3. The van der Waals surface area contributed by atoms with E-state index in [4.69, 9.17) is 31.1 Å². The number of anilines is 1. The van der Waals surface area contributed by atoms with Gasteiger partial charge in [-0.25, -0.2) is 18.5 Å². The lowest BCUT2D eigenvalue weighted by molar-refractivity contribution is -0.148. The van der Waals surface area contributed by atoms with Crippen molar-refractivity contribution >= 4 is 115 Å². The lowest BCUT2D eigenvalue weighted by atomic mass is 10.0. The van der Waals surface area contributed by atoms with Crippen LogP contribution in [0.2, 0.25) is 0 Å². The summed E-state index contributed by atoms with van der Waals surface area (Å²) in [6.45, 7) is 3.00. The number of unbranched alkanes of at least 4 members (excludes halogenated alkanes) is 1. The topological polar surface area (TPSA) is 561 Å². The van der Waals surface area contributed by atoms with Crippen molar-refractivity contribution in [2.24, 2.45) is 5.73 Å². The van der Waals surface area contributed by atoms with E-state index < -0.39 is 149 Å². The number of carbonyl (C=O) groups excluding carboxylic acids is 6. The van der Waals surface area contributed by atoms with E-state index in [1.165, 1.54) is 42.2 Å². The third-order valence-corrected chi connectivity index (χ3v) is 20.3. The van der Waals surface area contributed by atoms with Crippen LogP contribution in [0, 0.1) is 11.8 Å². The summed E-state index contributed by atoms with van der Waals surface area (Å²) in [7, 11) is -14.4. The van der Waals surface area contributed by atoms with Crippen molar-refractivity contribution < 1.29 is 115 Å². The first-order valence-electron chi connectivity index (χ1n) is 26.6. The lowest BCUT2D eigenvalue weighted by Crippen LogP contribution is -2.58. The van der Waals surface area contributed by atoms with Crippen LogP contribution in [0.1, 0.15) is 103 Å². The number of H-pyrrole nitrogens is 1. The van der Waals surface area contributed by atoms with E-state index in [0.29, 0.717) is 31.4 Å². The summed E-state index contributed by atoms with van der Waals surface area (Å²) < 4.78 is 53.2. The molecule has 6 amide bonds. The standard InChI is InChI=1S/C46H68N11O25P3S2/c1-46(2,87-86-17-12-32(59)49-14-5-8-24-22-57(38-37(24)42(68)54-45(48)53-38)34-20-30(58)31(80-34)23-79-84(75,76)82-85(77,78)81-83(72,73)74)21-33(60)55-15-6-10-28(55)40(66)50-25(9-3-4-13-47)43(69)56-16-7-11-29(56)41(67)51-26(18-35(61)62)39(65)52-27(44(70)71)19-36(63)64/h22,25-31,34,58H,3-4,6-7,9-21,23,47H2,1-2H3,(H,49,59)(H,50,66)(H,51,67)(H,52,65)(H,61,62)(H,63,64)(H,70,71)(H,75,76)(H,77,78)(H2,72,73,74)(H3,48,53,54,68). The van der Waals surface area contributed by atoms with Crippen LogP contribution in [0.4, 0.5) is 5.95 Å². The normalized spacial score (nSPS) is 21.1. The molecule has 0 bridgehead atoms. The van der Waals surface area contributed by atoms with Gasteiger partial charge >= 0.3 is 41.4 Å². The third kappa shape index (κ3) is 21.9. The average Bonchev–Trinajstić information content (AvgIpc) is 1.71. The monoisotopic (exact) mass is 1330 g/mol. The molecule has 0 aliphatic carbocycles. The number of amides is 6. The number of aliphatic hydroxyl groups is 1. The van der Waals surface area contributed by atoms with Gasteiger partial charge in [0.15, 0.2) is 5.65 Å². The highest BCUT2D eigenvalue weighted by Gasteiger charge is 2.45. The Kier molecular flexibility index (Phi) is 25.9. The van der Waals surface area contributed by atoms with Crippen molar-refractivity contribution in [1.82, 2.24) is 45.6 Å². The third-order valence-electron chi connectivity index (χ3n) is 13.2. The van der Waals surface area contributed by atoms with Crippen LogP contribution in [0.3, 0.4) is 0 Å². The molecule has 0 aromatic carbocycles. The predicted molar refractivity (Wildman–Crippen MR) is 303 cm³/mol. The number of rotatable bonds is 32. The molecule has 3 aliphatic heterocycles. The fraction of sp³-hybridized carbons (Fsp3) is 0.630. The van der Waals surface area contributed by atoms with E-state index in [1.807, 2.05) is 19.2 Å². The van der Waals surface area contributed by atoms with Crippen LogP contribution < -0.4 is 38.3 Å². The van der Waals surface area contributed by atoms with E-state index in [0.717, 1.165) is 0 Å². The fourth-order valence-corrected chi connectivity index (χ4v) is 14.9. The number of ether oxygens (including phenoxy) is 1. The molecule has 5 heterocycles. The summed E-state index contributed by atoms with van der Waals surface area (Å²) in [6.07, 6.45) is -2.93. The number of likely N-dealkylation sites (tertiary alicyclic amines) is 2. The number of nitrogens with two attached hydrogens (primary N) is 2. The number of nitrogens with zero attached hydrogens (tertiary/aromatic N) is 4. The predicted octanol–water partition coefficient (Wildman–Crippen LogP) is -1.69. The number of fused-ring (bicyclic) bond motifs is 1. The van der Waals surface area contributed by atoms with Crippen LogP contribution in [0.25, 0.3) is 11.0 Å². The van der Waals surface area contributed by atoms with Gasteiger partial charge in [-0.2, -0.15) is 13.6 Å². The zero-order valence-corrected chi connectivity index (χ0v) is 50.9. The summed E-state index contributed by atoms with van der Waals surface area (Å²) in [5.41, 5.74) is 10.8. The molecule has 2 aromatic rings. The molecule has 87 heavy (non-hydrogen) atoms. The van der Waals surface area contributed by atoms with E-state index in [2.05, 4.69) is 50.9 Å². The molecule has 3 fully saturated rings. The van der Waals surface area contributed by atoms with E-state index in [-0.39, 0.29) is 93.2 Å². The SMILES string of the molecule is CC(C)(CC(=O)N1CCCC1C(=O)NC(CCCCN)C(=O)N1CCCC1C(=O)NC(CC(=O)O)C(=O)NC(CC(=O)O)C(=O)O)SSCCC(=O)NCC#Cc1cn(C2CC(O)C(COP(=O)(O)OP(=O)(O)OP(=O)(O)O)O2)c2nc(N)[nH]c(=O)c12. The highest BCUT2D eigenvalue weighted by molar-refractivity contribution is 8.77. The molecular weight excluding hydrogens is 1260 g/mol. The molecule has 10 unspecified atom stereocenters. The molecule has 3 aliphatic rings. The Hall–Kier alpha value is -6.00. The quantitative estimate of drug-likeness (QED) is 0.0168. The zero-order valence-electron chi connectivity index (χ0n) is 46.5. The minimum atomic E-state index is -5.82. The number of phosphoric ester groups is 1. The van der Waals surface area contributed by atoms with Gasteiger partial charge in [0.05, 0.1) is 43.0 Å². The van der Waals surface area contributed by atoms with Crippen molar-refractivity contribution in [2.45, 2.75) is 144 Å². The molecule has 0 radical (unpaired) electrons. The Morgan fingerprint density at radius 3 is 2.13 bits per heavy atom. The molecule has 5 rings (SSSR count).